The van der Waals surface area contributed by atoms with E-state index >= 15 is 0 Å². The van der Waals surface area contributed by atoms with Crippen molar-refractivity contribution < 1.29 is 22.1 Å². The number of nitrogens with two attached hydrogens (primary N) is 1. The monoisotopic (exact) mass is 427 g/mol. The maximum atomic E-state index is 13.2. The number of ether oxygens (including phenoxy) is 1. The molecule has 0 aliphatic carbocycles. The molecule has 152 valence electrons. The van der Waals surface area contributed by atoms with Crippen molar-refractivity contribution in [3.8, 4) is 11.5 Å². The van der Waals surface area contributed by atoms with Crippen LogP contribution in [0.15, 0.2) is 48.5 Å². The van der Waals surface area contributed by atoms with Crippen molar-refractivity contribution in [2.75, 3.05) is 20.4 Å². The summed E-state index contributed by atoms with van der Waals surface area (Å²) in [5.74, 6) is 0.489. The number of benzene rings is 2. The number of methoxy groups -OCH3 is 1. The lowest BCUT2D eigenvalue weighted by molar-refractivity contribution is -0.131. The molecule has 2 aromatic rings. The fraction of sp³-hybridized carbons (Fsp3) is 0.278. The lowest BCUT2D eigenvalue weighted by Crippen LogP contribution is -2.47. The minimum atomic E-state index is -3.70. The molecule has 0 saturated carbocycles. The predicted octanol–water partition coefficient (Wildman–Crippen LogP) is 1.00. The number of halogens is 1. The lowest BCUT2D eigenvalue weighted by atomic mass is 9.82. The molecule has 0 bridgehead atoms. The number of hydrogen-bond donors (Lipinski definition) is 2. The van der Waals surface area contributed by atoms with Crippen LogP contribution in [0.1, 0.15) is 11.1 Å². The van der Waals surface area contributed by atoms with E-state index in [1.165, 1.54) is 17.0 Å². The van der Waals surface area contributed by atoms with Gasteiger partial charge in [0.1, 0.15) is 17.8 Å². The second kappa shape index (κ2) is 7.96. The lowest BCUT2D eigenvalue weighted by Gasteiger charge is -2.29. The molecule has 3 rings (SSSR count). The van der Waals surface area contributed by atoms with Crippen molar-refractivity contribution in [1.29, 1.82) is 0 Å². The van der Waals surface area contributed by atoms with E-state index in [0.29, 0.717) is 16.9 Å². The molecule has 3 N–H and O–H groups in total. The van der Waals surface area contributed by atoms with Crippen LogP contribution in [-0.2, 0) is 20.5 Å². The van der Waals surface area contributed by atoms with Crippen LogP contribution in [0.2, 0.25) is 0 Å². The minimum absolute atomic E-state index is 0. The SMILES string of the molecule is COc1ccc(C2(c3cccc(OS(C)(=O)=O)c3)NC(N)N(C)C2=O)cc1.Cl. The molecular weight excluding hydrogens is 406 g/mol. The fourth-order valence-electron chi connectivity index (χ4n) is 3.15. The van der Waals surface area contributed by atoms with Crippen LogP contribution in [0.25, 0.3) is 0 Å². The summed E-state index contributed by atoms with van der Waals surface area (Å²) >= 11 is 0. The molecule has 2 atom stereocenters. The Morgan fingerprint density at radius 1 is 1.11 bits per heavy atom. The second-order valence-corrected chi connectivity index (χ2v) is 7.87. The number of nitrogens with zero attached hydrogens (tertiary/aromatic N) is 1. The van der Waals surface area contributed by atoms with Gasteiger partial charge >= 0.3 is 10.1 Å². The van der Waals surface area contributed by atoms with Gasteiger partial charge in [0.2, 0.25) is 0 Å². The molecule has 1 aliphatic heterocycles. The summed E-state index contributed by atoms with van der Waals surface area (Å²) in [7, 11) is -0.549. The number of carbonyl (C=O) groups excluding carboxylic acids is 1. The van der Waals surface area contributed by atoms with Crippen LogP contribution in [0.3, 0.4) is 0 Å². The highest BCUT2D eigenvalue weighted by molar-refractivity contribution is 7.86. The highest BCUT2D eigenvalue weighted by Gasteiger charge is 2.51. The largest absolute Gasteiger partial charge is 0.497 e. The van der Waals surface area contributed by atoms with E-state index in [2.05, 4.69) is 5.32 Å². The Balaban J connectivity index is 0.00000280. The van der Waals surface area contributed by atoms with Gasteiger partial charge in [-0.3, -0.25) is 15.8 Å². The molecule has 1 aliphatic rings. The van der Waals surface area contributed by atoms with Crippen LogP contribution in [0.5, 0.6) is 11.5 Å². The third-order valence-corrected chi connectivity index (χ3v) is 4.96. The summed E-state index contributed by atoms with van der Waals surface area (Å²) in [6.45, 7) is 0. The second-order valence-electron chi connectivity index (χ2n) is 6.30. The number of rotatable bonds is 5. The molecule has 1 amide bonds. The molecule has 0 radical (unpaired) electrons. The average Bonchev–Trinajstić information content (AvgIpc) is 2.86. The quantitative estimate of drug-likeness (QED) is 0.685. The van der Waals surface area contributed by atoms with E-state index in [9.17, 15) is 13.2 Å². The number of likely N-dealkylation sites (N-methyl/N-ethyl adjacent to an activating group) is 1. The molecule has 0 aromatic heterocycles. The fourth-order valence-corrected chi connectivity index (χ4v) is 3.60. The van der Waals surface area contributed by atoms with Crippen molar-refractivity contribution in [1.82, 2.24) is 10.2 Å². The summed E-state index contributed by atoms with van der Waals surface area (Å²) in [6.07, 6.45) is 0.251. The van der Waals surface area contributed by atoms with Gasteiger partial charge in [0.05, 0.1) is 13.4 Å². The molecule has 28 heavy (non-hydrogen) atoms. The normalized spacial score (nSPS) is 21.9. The summed E-state index contributed by atoms with van der Waals surface area (Å²) in [6, 6.07) is 13.4. The summed E-state index contributed by atoms with van der Waals surface area (Å²) < 4.78 is 33.1. The smallest absolute Gasteiger partial charge is 0.306 e. The van der Waals surface area contributed by atoms with Gasteiger partial charge in [0.25, 0.3) is 5.91 Å². The van der Waals surface area contributed by atoms with Crippen LogP contribution in [0, 0.1) is 0 Å². The standard InChI is InChI=1S/C18H21N3O5S.ClH/c1-21-16(22)18(20-17(21)19,12-7-9-14(25-2)10-8-12)13-5-4-6-15(11-13)26-27(3,23)24;/h4-11,17,20H,19H2,1-3H3;1H. The molecular formula is C18H22ClN3O5S. The number of carbonyl (C=O) groups is 1. The molecule has 2 aromatic carbocycles. The van der Waals surface area contributed by atoms with Crippen molar-refractivity contribution in [2.24, 2.45) is 5.73 Å². The Hall–Kier alpha value is -2.33. The Morgan fingerprint density at radius 2 is 1.75 bits per heavy atom. The number of hydrogen-bond acceptors (Lipinski definition) is 7. The zero-order valence-electron chi connectivity index (χ0n) is 15.6. The van der Waals surface area contributed by atoms with Crippen LogP contribution in [0.4, 0.5) is 0 Å². The van der Waals surface area contributed by atoms with E-state index < -0.39 is 21.9 Å². The van der Waals surface area contributed by atoms with Gasteiger partial charge in [-0.1, -0.05) is 24.3 Å². The van der Waals surface area contributed by atoms with E-state index in [-0.39, 0.29) is 24.1 Å². The van der Waals surface area contributed by atoms with Gasteiger partial charge in [-0.2, -0.15) is 8.42 Å². The summed E-state index contributed by atoms with van der Waals surface area (Å²) in [4.78, 5) is 14.6. The number of nitrogens with one attached hydrogen (secondary N) is 1. The molecule has 1 heterocycles. The minimum Gasteiger partial charge on any atom is -0.497 e. The van der Waals surface area contributed by atoms with Crippen LogP contribution >= 0.6 is 12.4 Å². The van der Waals surface area contributed by atoms with Gasteiger partial charge < -0.3 is 13.8 Å². The molecule has 10 heteroatoms. The highest BCUT2D eigenvalue weighted by atomic mass is 35.5. The highest BCUT2D eigenvalue weighted by Crippen LogP contribution is 2.38. The molecule has 1 saturated heterocycles. The Labute approximate surface area is 170 Å². The summed E-state index contributed by atoms with van der Waals surface area (Å²) in [5.41, 5.74) is 5.93. The first kappa shape index (κ1) is 22.0. The van der Waals surface area contributed by atoms with E-state index in [1.807, 2.05) is 0 Å². The first-order chi connectivity index (χ1) is 12.7. The van der Waals surface area contributed by atoms with Crippen LogP contribution < -0.4 is 20.0 Å². The van der Waals surface area contributed by atoms with Crippen molar-refractivity contribution in [3.05, 3.63) is 59.7 Å². The zero-order valence-corrected chi connectivity index (χ0v) is 17.2. The van der Waals surface area contributed by atoms with Crippen molar-refractivity contribution in [3.63, 3.8) is 0 Å². The maximum Gasteiger partial charge on any atom is 0.306 e. The Morgan fingerprint density at radius 3 is 2.25 bits per heavy atom. The first-order valence-electron chi connectivity index (χ1n) is 8.12. The van der Waals surface area contributed by atoms with Gasteiger partial charge in [-0.25, -0.2) is 0 Å². The Bertz CT molecular complexity index is 967. The molecule has 8 nitrogen and oxygen atoms in total. The van der Waals surface area contributed by atoms with Gasteiger partial charge in [0.15, 0.2) is 5.54 Å². The predicted molar refractivity (Wildman–Crippen MR) is 107 cm³/mol. The van der Waals surface area contributed by atoms with Crippen molar-refractivity contribution in [2.45, 2.75) is 11.8 Å². The van der Waals surface area contributed by atoms with E-state index in [0.717, 1.165) is 6.26 Å². The van der Waals surface area contributed by atoms with E-state index in [1.54, 1.807) is 50.6 Å². The van der Waals surface area contributed by atoms with E-state index in [4.69, 9.17) is 14.7 Å². The third-order valence-electron chi connectivity index (χ3n) is 4.46. The average molecular weight is 428 g/mol. The first-order valence-corrected chi connectivity index (χ1v) is 9.94. The molecule has 0 spiro atoms. The number of amides is 1. The third kappa shape index (κ3) is 3.93. The molecule has 2 unspecified atom stereocenters. The maximum absolute atomic E-state index is 13.2. The van der Waals surface area contributed by atoms with Gasteiger partial charge in [-0.15, -0.1) is 12.4 Å². The van der Waals surface area contributed by atoms with Crippen molar-refractivity contribution >= 4 is 28.4 Å². The van der Waals surface area contributed by atoms with Crippen LogP contribution in [-0.4, -0.2) is 45.9 Å². The Kier molecular flexibility index (Phi) is 6.24. The van der Waals surface area contributed by atoms with Gasteiger partial charge in [0, 0.05) is 7.05 Å². The topological polar surface area (TPSA) is 111 Å². The summed E-state index contributed by atoms with van der Waals surface area (Å²) in [5, 5.41) is 3.14. The zero-order chi connectivity index (χ0) is 19.8. The van der Waals surface area contributed by atoms with Gasteiger partial charge in [-0.05, 0) is 35.4 Å². The molecule has 1 fully saturated rings.